The highest BCUT2D eigenvalue weighted by molar-refractivity contribution is 6.20. The van der Waals surface area contributed by atoms with E-state index in [0.29, 0.717) is 0 Å². The van der Waals surface area contributed by atoms with Crippen molar-refractivity contribution in [1.82, 2.24) is 19.3 Å². The first-order chi connectivity index (χ1) is 10.1. The summed E-state index contributed by atoms with van der Waals surface area (Å²) in [6.07, 6.45) is 4.88. The van der Waals surface area contributed by atoms with Gasteiger partial charge in [-0.25, -0.2) is 4.98 Å². The second kappa shape index (κ2) is 5.53. The number of hydrogen-bond donors (Lipinski definition) is 0. The minimum Gasteiger partial charge on any atom is -0.326 e. The van der Waals surface area contributed by atoms with Gasteiger partial charge in [-0.05, 0) is 37.5 Å². The molecule has 2 heterocycles. The van der Waals surface area contributed by atoms with E-state index in [9.17, 15) is 0 Å². The molecule has 2 aromatic heterocycles. The summed E-state index contributed by atoms with van der Waals surface area (Å²) in [5.74, 6) is 0.935. The maximum Gasteiger partial charge on any atom is 0.127 e. The molecule has 3 aromatic rings. The lowest BCUT2D eigenvalue weighted by molar-refractivity contribution is 0.667. The molecule has 5 heteroatoms. The molecule has 110 valence electrons. The van der Waals surface area contributed by atoms with Crippen LogP contribution >= 0.6 is 11.6 Å². The molecule has 0 fully saturated rings. The second-order valence-corrected chi connectivity index (χ2v) is 6.11. The third-order valence-corrected chi connectivity index (χ3v) is 3.94. The molecule has 0 aliphatic heterocycles. The van der Waals surface area contributed by atoms with Crippen molar-refractivity contribution in [3.05, 3.63) is 47.5 Å². The number of para-hydroxylation sites is 1. The summed E-state index contributed by atoms with van der Waals surface area (Å²) >= 11 is 6.32. The Balaban J connectivity index is 1.99. The van der Waals surface area contributed by atoms with Crippen LogP contribution in [0.25, 0.3) is 11.0 Å². The first-order valence-corrected chi connectivity index (χ1v) is 7.57. The van der Waals surface area contributed by atoms with Crippen molar-refractivity contribution < 1.29 is 0 Å². The highest BCUT2D eigenvalue weighted by Crippen LogP contribution is 2.26. The molecule has 3 rings (SSSR count). The van der Waals surface area contributed by atoms with Gasteiger partial charge in [0, 0.05) is 19.8 Å². The van der Waals surface area contributed by atoms with E-state index < -0.39 is 0 Å². The number of aromatic nitrogens is 4. The minimum atomic E-state index is -0.106. The zero-order valence-electron chi connectivity index (χ0n) is 12.5. The van der Waals surface area contributed by atoms with Crippen LogP contribution in [0.2, 0.25) is 0 Å². The first-order valence-electron chi connectivity index (χ1n) is 7.13. The van der Waals surface area contributed by atoms with Gasteiger partial charge in [0.2, 0.25) is 0 Å². The largest absolute Gasteiger partial charge is 0.326 e. The lowest BCUT2D eigenvalue weighted by atomic mass is 10.2. The summed E-state index contributed by atoms with van der Waals surface area (Å²) in [6, 6.07) is 6.27. The summed E-state index contributed by atoms with van der Waals surface area (Å²) in [5, 5.41) is 4.11. The molecule has 0 amide bonds. The molecule has 0 saturated carbocycles. The maximum atomic E-state index is 6.32. The van der Waals surface area contributed by atoms with Crippen LogP contribution in [0.4, 0.5) is 0 Å². The van der Waals surface area contributed by atoms with E-state index in [4.69, 9.17) is 16.6 Å². The number of imidazole rings is 1. The Labute approximate surface area is 129 Å². The summed E-state index contributed by atoms with van der Waals surface area (Å²) in [7, 11) is 1.94. The fourth-order valence-electron chi connectivity index (χ4n) is 2.69. The SMILES string of the molecule is Cc1cccc2c1nc(C(C)Cl)n2CCc1cnn(C)c1. The molecular weight excluding hydrogens is 284 g/mol. The first kappa shape index (κ1) is 14.1. The van der Waals surface area contributed by atoms with Gasteiger partial charge in [-0.15, -0.1) is 11.6 Å². The molecule has 0 saturated heterocycles. The van der Waals surface area contributed by atoms with Gasteiger partial charge >= 0.3 is 0 Å². The topological polar surface area (TPSA) is 35.6 Å². The normalized spacial score (nSPS) is 13.0. The van der Waals surface area contributed by atoms with E-state index in [2.05, 4.69) is 34.8 Å². The average Bonchev–Trinajstić information content (AvgIpc) is 3.01. The molecular formula is C16H19ClN4. The fourth-order valence-corrected chi connectivity index (χ4v) is 2.85. The van der Waals surface area contributed by atoms with Gasteiger partial charge in [0.05, 0.1) is 22.6 Å². The lowest BCUT2D eigenvalue weighted by Crippen LogP contribution is -2.06. The van der Waals surface area contributed by atoms with Crippen LogP contribution in [-0.4, -0.2) is 19.3 Å². The van der Waals surface area contributed by atoms with E-state index in [1.807, 2.05) is 31.0 Å². The minimum absolute atomic E-state index is 0.106. The van der Waals surface area contributed by atoms with Gasteiger partial charge < -0.3 is 4.57 Å². The highest BCUT2D eigenvalue weighted by atomic mass is 35.5. The molecule has 0 radical (unpaired) electrons. The van der Waals surface area contributed by atoms with Crippen LogP contribution < -0.4 is 0 Å². The van der Waals surface area contributed by atoms with Gasteiger partial charge in [-0.2, -0.15) is 5.10 Å². The number of rotatable bonds is 4. The monoisotopic (exact) mass is 302 g/mol. The van der Waals surface area contributed by atoms with Crippen LogP contribution in [-0.2, 0) is 20.0 Å². The van der Waals surface area contributed by atoms with Crippen molar-refractivity contribution in [2.24, 2.45) is 7.05 Å². The van der Waals surface area contributed by atoms with Gasteiger partial charge in [-0.1, -0.05) is 12.1 Å². The Morgan fingerprint density at radius 2 is 2.14 bits per heavy atom. The van der Waals surface area contributed by atoms with Crippen LogP contribution in [0, 0.1) is 6.92 Å². The standard InChI is InChI=1S/C16H19ClN4/c1-11-5-4-6-14-15(11)19-16(12(2)17)21(14)8-7-13-9-18-20(3)10-13/h4-6,9-10,12H,7-8H2,1-3H3. The molecule has 0 spiro atoms. The van der Waals surface area contributed by atoms with Crippen molar-refractivity contribution in [2.45, 2.75) is 32.2 Å². The van der Waals surface area contributed by atoms with E-state index >= 15 is 0 Å². The summed E-state index contributed by atoms with van der Waals surface area (Å²) in [5.41, 5.74) is 4.61. The van der Waals surface area contributed by atoms with Gasteiger partial charge in [0.15, 0.2) is 0 Å². The Morgan fingerprint density at radius 1 is 1.33 bits per heavy atom. The zero-order chi connectivity index (χ0) is 15.0. The van der Waals surface area contributed by atoms with E-state index in [0.717, 1.165) is 29.8 Å². The van der Waals surface area contributed by atoms with Crippen LogP contribution in [0.15, 0.2) is 30.6 Å². The zero-order valence-corrected chi connectivity index (χ0v) is 13.3. The molecule has 1 aromatic carbocycles. The molecule has 0 N–H and O–H groups in total. The Bertz CT molecular complexity index is 770. The van der Waals surface area contributed by atoms with E-state index in [1.165, 1.54) is 11.1 Å². The summed E-state index contributed by atoms with van der Waals surface area (Å²) < 4.78 is 4.06. The number of halogens is 1. The van der Waals surface area contributed by atoms with Crippen molar-refractivity contribution in [2.75, 3.05) is 0 Å². The molecule has 4 nitrogen and oxygen atoms in total. The van der Waals surface area contributed by atoms with Crippen LogP contribution in [0.1, 0.15) is 29.3 Å². The van der Waals surface area contributed by atoms with Crippen molar-refractivity contribution in [3.63, 3.8) is 0 Å². The number of nitrogens with zero attached hydrogens (tertiary/aromatic N) is 4. The van der Waals surface area contributed by atoms with Gasteiger partial charge in [0.25, 0.3) is 0 Å². The van der Waals surface area contributed by atoms with Crippen molar-refractivity contribution in [3.8, 4) is 0 Å². The molecule has 0 aliphatic rings. The third kappa shape index (κ3) is 2.68. The molecule has 0 aliphatic carbocycles. The Kier molecular flexibility index (Phi) is 3.72. The number of hydrogen-bond acceptors (Lipinski definition) is 2. The lowest BCUT2D eigenvalue weighted by Gasteiger charge is -2.09. The van der Waals surface area contributed by atoms with Crippen molar-refractivity contribution in [1.29, 1.82) is 0 Å². The molecule has 1 unspecified atom stereocenters. The van der Waals surface area contributed by atoms with Crippen LogP contribution in [0.5, 0.6) is 0 Å². The van der Waals surface area contributed by atoms with Gasteiger partial charge in [-0.3, -0.25) is 4.68 Å². The average molecular weight is 303 g/mol. The van der Waals surface area contributed by atoms with E-state index in [-0.39, 0.29) is 5.38 Å². The smallest absolute Gasteiger partial charge is 0.127 e. The van der Waals surface area contributed by atoms with Gasteiger partial charge in [0.1, 0.15) is 5.82 Å². The third-order valence-electron chi connectivity index (χ3n) is 3.75. The fraction of sp³-hybridized carbons (Fsp3) is 0.375. The molecule has 21 heavy (non-hydrogen) atoms. The molecule has 0 bridgehead atoms. The second-order valence-electron chi connectivity index (χ2n) is 5.45. The highest BCUT2D eigenvalue weighted by Gasteiger charge is 2.15. The molecule has 1 atom stereocenters. The number of alkyl halides is 1. The predicted molar refractivity (Wildman–Crippen MR) is 85.7 cm³/mol. The Hall–Kier alpha value is -1.81. The van der Waals surface area contributed by atoms with Crippen molar-refractivity contribution >= 4 is 22.6 Å². The number of benzene rings is 1. The number of aryl methyl sites for hydroxylation is 4. The summed E-state index contributed by atoms with van der Waals surface area (Å²) in [6.45, 7) is 4.92. The predicted octanol–water partition coefficient (Wildman–Crippen LogP) is 3.62. The van der Waals surface area contributed by atoms with E-state index in [1.54, 1.807) is 0 Å². The summed E-state index contributed by atoms with van der Waals surface area (Å²) in [4.78, 5) is 4.74. The Morgan fingerprint density at radius 3 is 2.81 bits per heavy atom. The number of fused-ring (bicyclic) bond motifs is 1. The van der Waals surface area contributed by atoms with Crippen LogP contribution in [0.3, 0.4) is 0 Å². The maximum absolute atomic E-state index is 6.32. The quantitative estimate of drug-likeness (QED) is 0.690.